The summed E-state index contributed by atoms with van der Waals surface area (Å²) in [6.07, 6.45) is -0.713. The van der Waals surface area contributed by atoms with Gasteiger partial charge in [-0.3, -0.25) is 0 Å². The Labute approximate surface area is 118 Å². The van der Waals surface area contributed by atoms with Crippen molar-refractivity contribution in [2.75, 3.05) is 25.6 Å². The first-order valence-electron chi connectivity index (χ1n) is 6.39. The topological polar surface area (TPSA) is 32.7 Å². The summed E-state index contributed by atoms with van der Waals surface area (Å²) in [6, 6.07) is 13.7. The molecule has 1 N–H and O–H groups in total. The molecule has 0 spiro atoms. The molecule has 0 aliphatic rings. The molecular weight excluding hydrogens is 257 g/mol. The molecule has 106 valence electrons. The average Bonchev–Trinajstić information content (AvgIpc) is 2.47. The Balaban J connectivity index is 2.11. The lowest BCUT2D eigenvalue weighted by molar-refractivity contribution is 0.184. The quantitative estimate of drug-likeness (QED) is 0.910. The molecular formula is C16H18FNO2. The first-order chi connectivity index (χ1) is 9.61. The first kappa shape index (κ1) is 14.3. The maximum Gasteiger partial charge on any atom is 0.146 e. The van der Waals surface area contributed by atoms with Crippen LogP contribution in [0.15, 0.2) is 48.5 Å². The van der Waals surface area contributed by atoms with Gasteiger partial charge < -0.3 is 14.7 Å². The third-order valence-corrected chi connectivity index (χ3v) is 3.19. The Morgan fingerprint density at radius 3 is 2.65 bits per heavy atom. The van der Waals surface area contributed by atoms with Crippen molar-refractivity contribution in [3.05, 3.63) is 59.9 Å². The summed E-state index contributed by atoms with van der Waals surface area (Å²) < 4.78 is 18.8. The minimum absolute atomic E-state index is 0.298. The Morgan fingerprint density at radius 2 is 1.95 bits per heavy atom. The maximum atomic E-state index is 13.7. The van der Waals surface area contributed by atoms with Crippen molar-refractivity contribution in [2.24, 2.45) is 0 Å². The van der Waals surface area contributed by atoms with E-state index in [9.17, 15) is 9.50 Å². The van der Waals surface area contributed by atoms with E-state index < -0.39 is 6.10 Å². The maximum absolute atomic E-state index is 13.7. The van der Waals surface area contributed by atoms with Crippen molar-refractivity contribution in [1.82, 2.24) is 0 Å². The van der Waals surface area contributed by atoms with E-state index in [1.807, 2.05) is 18.2 Å². The second-order valence-electron chi connectivity index (χ2n) is 4.62. The second kappa shape index (κ2) is 6.39. The molecule has 0 saturated carbocycles. The monoisotopic (exact) mass is 275 g/mol. The molecule has 0 amide bonds. The second-order valence-corrected chi connectivity index (χ2v) is 4.62. The van der Waals surface area contributed by atoms with Gasteiger partial charge in [0.1, 0.15) is 11.6 Å². The molecule has 4 heteroatoms. The fourth-order valence-electron chi connectivity index (χ4n) is 2.07. The van der Waals surface area contributed by atoms with Crippen LogP contribution in [0.5, 0.6) is 5.75 Å². The number of aliphatic hydroxyl groups is 1. The van der Waals surface area contributed by atoms with Crippen molar-refractivity contribution in [3.63, 3.8) is 0 Å². The lowest BCUT2D eigenvalue weighted by atomic mass is 10.1. The predicted octanol–water partition coefficient (Wildman–Crippen LogP) is 3.00. The van der Waals surface area contributed by atoms with Crippen LogP contribution in [-0.4, -0.2) is 25.8 Å². The molecule has 0 aliphatic carbocycles. The minimum atomic E-state index is -0.713. The van der Waals surface area contributed by atoms with Crippen LogP contribution >= 0.6 is 0 Å². The van der Waals surface area contributed by atoms with E-state index in [-0.39, 0.29) is 5.82 Å². The third-order valence-electron chi connectivity index (χ3n) is 3.19. The predicted molar refractivity (Wildman–Crippen MR) is 77.6 cm³/mol. The summed E-state index contributed by atoms with van der Waals surface area (Å²) in [4.78, 5) is 1.69. The molecule has 2 aromatic rings. The summed E-state index contributed by atoms with van der Waals surface area (Å²) in [5, 5.41) is 10.2. The third kappa shape index (κ3) is 3.27. The SMILES string of the molecule is COc1cccc(C(O)CN(C)c2ccccc2F)c1. The van der Waals surface area contributed by atoms with E-state index in [1.54, 1.807) is 43.3 Å². The Kier molecular flexibility index (Phi) is 4.58. The highest BCUT2D eigenvalue weighted by atomic mass is 19.1. The number of benzene rings is 2. The summed E-state index contributed by atoms with van der Waals surface area (Å²) in [7, 11) is 3.33. The lowest BCUT2D eigenvalue weighted by Crippen LogP contribution is -2.25. The average molecular weight is 275 g/mol. The van der Waals surface area contributed by atoms with Gasteiger partial charge in [0.25, 0.3) is 0 Å². The summed E-state index contributed by atoms with van der Waals surface area (Å²) in [5.41, 5.74) is 1.21. The molecule has 3 nitrogen and oxygen atoms in total. The Bertz CT molecular complexity index is 574. The molecule has 0 aliphatic heterocycles. The zero-order valence-electron chi connectivity index (χ0n) is 11.6. The number of anilines is 1. The molecule has 1 atom stereocenters. The van der Waals surface area contributed by atoms with Crippen LogP contribution < -0.4 is 9.64 Å². The van der Waals surface area contributed by atoms with Gasteiger partial charge in [-0.25, -0.2) is 4.39 Å². The van der Waals surface area contributed by atoms with Gasteiger partial charge in [-0.1, -0.05) is 24.3 Å². The number of halogens is 1. The van der Waals surface area contributed by atoms with E-state index >= 15 is 0 Å². The van der Waals surface area contributed by atoms with Gasteiger partial charge in [-0.15, -0.1) is 0 Å². The van der Waals surface area contributed by atoms with Crippen molar-refractivity contribution in [2.45, 2.75) is 6.10 Å². The number of hydrogen-bond acceptors (Lipinski definition) is 3. The molecule has 20 heavy (non-hydrogen) atoms. The number of nitrogens with zero attached hydrogens (tertiary/aromatic N) is 1. The van der Waals surface area contributed by atoms with Crippen LogP contribution in [0.25, 0.3) is 0 Å². The molecule has 2 aromatic carbocycles. The number of ether oxygens (including phenoxy) is 1. The summed E-state index contributed by atoms with van der Waals surface area (Å²) in [6.45, 7) is 0.300. The van der Waals surface area contributed by atoms with Gasteiger partial charge in [-0.2, -0.15) is 0 Å². The number of rotatable bonds is 5. The highest BCUT2D eigenvalue weighted by molar-refractivity contribution is 5.47. The zero-order valence-corrected chi connectivity index (χ0v) is 11.6. The van der Waals surface area contributed by atoms with Gasteiger partial charge in [0.15, 0.2) is 0 Å². The molecule has 0 aromatic heterocycles. The zero-order chi connectivity index (χ0) is 14.5. The number of likely N-dealkylation sites (N-methyl/N-ethyl adjacent to an activating group) is 1. The normalized spacial score (nSPS) is 12.0. The summed E-state index contributed by atoms with van der Waals surface area (Å²) in [5.74, 6) is 0.392. The lowest BCUT2D eigenvalue weighted by Gasteiger charge is -2.23. The van der Waals surface area contributed by atoms with Gasteiger partial charge in [-0.05, 0) is 29.8 Å². The molecule has 1 unspecified atom stereocenters. The van der Waals surface area contributed by atoms with E-state index in [2.05, 4.69) is 0 Å². The van der Waals surface area contributed by atoms with Crippen LogP contribution in [-0.2, 0) is 0 Å². The van der Waals surface area contributed by atoms with Crippen LogP contribution in [0, 0.1) is 5.82 Å². The van der Waals surface area contributed by atoms with E-state index in [4.69, 9.17) is 4.74 Å². The van der Waals surface area contributed by atoms with Crippen LogP contribution in [0.2, 0.25) is 0 Å². The number of para-hydroxylation sites is 1. The van der Waals surface area contributed by atoms with E-state index in [1.165, 1.54) is 6.07 Å². The fraction of sp³-hybridized carbons (Fsp3) is 0.250. The van der Waals surface area contributed by atoms with Crippen LogP contribution in [0.3, 0.4) is 0 Å². The van der Waals surface area contributed by atoms with Crippen LogP contribution in [0.4, 0.5) is 10.1 Å². The van der Waals surface area contributed by atoms with Crippen molar-refractivity contribution < 1.29 is 14.2 Å². The van der Waals surface area contributed by atoms with E-state index in [0.717, 1.165) is 5.56 Å². The number of methoxy groups -OCH3 is 1. The molecule has 0 fully saturated rings. The van der Waals surface area contributed by atoms with Gasteiger partial charge in [0.2, 0.25) is 0 Å². The molecule has 0 bridgehead atoms. The molecule has 0 radical (unpaired) electrons. The smallest absolute Gasteiger partial charge is 0.146 e. The molecule has 0 saturated heterocycles. The number of hydrogen-bond donors (Lipinski definition) is 1. The van der Waals surface area contributed by atoms with Gasteiger partial charge in [0, 0.05) is 13.6 Å². The highest BCUT2D eigenvalue weighted by Gasteiger charge is 2.14. The summed E-state index contributed by atoms with van der Waals surface area (Å²) >= 11 is 0. The number of aliphatic hydroxyl groups excluding tert-OH is 1. The van der Waals surface area contributed by atoms with Crippen molar-refractivity contribution in [1.29, 1.82) is 0 Å². The Morgan fingerprint density at radius 1 is 1.20 bits per heavy atom. The standard InChI is InChI=1S/C16H18FNO2/c1-18(15-9-4-3-8-14(15)17)11-16(19)12-6-5-7-13(10-12)20-2/h3-10,16,19H,11H2,1-2H3. The largest absolute Gasteiger partial charge is 0.497 e. The van der Waals surface area contributed by atoms with Gasteiger partial charge >= 0.3 is 0 Å². The fourth-order valence-corrected chi connectivity index (χ4v) is 2.07. The molecule has 0 heterocycles. The minimum Gasteiger partial charge on any atom is -0.497 e. The van der Waals surface area contributed by atoms with Crippen molar-refractivity contribution in [3.8, 4) is 5.75 Å². The van der Waals surface area contributed by atoms with Gasteiger partial charge in [0.05, 0.1) is 18.9 Å². The van der Waals surface area contributed by atoms with E-state index in [0.29, 0.717) is 18.0 Å². The van der Waals surface area contributed by atoms with Crippen molar-refractivity contribution >= 4 is 5.69 Å². The highest BCUT2D eigenvalue weighted by Crippen LogP contribution is 2.23. The first-order valence-corrected chi connectivity index (χ1v) is 6.39. The Hall–Kier alpha value is -2.07. The molecule has 2 rings (SSSR count). The van der Waals surface area contributed by atoms with Crippen LogP contribution in [0.1, 0.15) is 11.7 Å².